The van der Waals surface area contributed by atoms with E-state index < -0.39 is 0 Å². The molecular formula is C20H22FNO4. The first kappa shape index (κ1) is 19.3. The van der Waals surface area contributed by atoms with Crippen molar-refractivity contribution in [3.63, 3.8) is 0 Å². The van der Waals surface area contributed by atoms with Gasteiger partial charge in [-0.1, -0.05) is 12.1 Å². The molecule has 0 radical (unpaired) electrons. The second kappa shape index (κ2) is 9.46. The maximum absolute atomic E-state index is 12.9. The molecule has 0 bridgehead atoms. The summed E-state index contributed by atoms with van der Waals surface area (Å²) in [6.45, 7) is 0.456. The Balaban J connectivity index is 1.97. The molecule has 0 aromatic heterocycles. The Labute approximate surface area is 152 Å². The summed E-state index contributed by atoms with van der Waals surface area (Å²) in [5, 5.41) is 2.79. The van der Waals surface area contributed by atoms with Gasteiger partial charge in [0.05, 0.1) is 21.3 Å². The van der Waals surface area contributed by atoms with Gasteiger partial charge in [0.25, 0.3) is 0 Å². The van der Waals surface area contributed by atoms with Gasteiger partial charge in [0, 0.05) is 24.3 Å². The summed E-state index contributed by atoms with van der Waals surface area (Å²) >= 11 is 0. The first-order chi connectivity index (χ1) is 12.6. The highest BCUT2D eigenvalue weighted by molar-refractivity contribution is 5.92. The number of rotatable bonds is 8. The van der Waals surface area contributed by atoms with E-state index in [1.807, 2.05) is 0 Å². The molecule has 6 heteroatoms. The first-order valence-electron chi connectivity index (χ1n) is 8.07. The first-order valence-corrected chi connectivity index (χ1v) is 8.07. The summed E-state index contributed by atoms with van der Waals surface area (Å²) < 4.78 is 28.7. The minimum Gasteiger partial charge on any atom is -0.496 e. The Kier molecular flexibility index (Phi) is 7.02. The zero-order chi connectivity index (χ0) is 18.9. The minimum atomic E-state index is -0.274. The normalized spacial score (nSPS) is 10.6. The standard InChI is InChI=1S/C20H22FNO4/c1-24-17-13-19(26-3)18(25-2)12-15(17)6-9-20(23)22-11-10-14-4-7-16(21)8-5-14/h4-9,12-13H,10-11H2,1-3H3,(H,22,23)/b9-6+. The van der Waals surface area contributed by atoms with Crippen LogP contribution in [0.5, 0.6) is 17.2 Å². The smallest absolute Gasteiger partial charge is 0.244 e. The lowest BCUT2D eigenvalue weighted by molar-refractivity contribution is -0.116. The van der Waals surface area contributed by atoms with Gasteiger partial charge in [0.1, 0.15) is 11.6 Å². The number of ether oxygens (including phenoxy) is 3. The molecule has 0 aliphatic carbocycles. The molecule has 0 fully saturated rings. The molecule has 2 aromatic rings. The molecule has 138 valence electrons. The van der Waals surface area contributed by atoms with Crippen molar-refractivity contribution in [2.45, 2.75) is 6.42 Å². The average Bonchev–Trinajstić information content (AvgIpc) is 2.67. The molecule has 26 heavy (non-hydrogen) atoms. The molecule has 0 atom stereocenters. The van der Waals surface area contributed by atoms with Gasteiger partial charge < -0.3 is 19.5 Å². The van der Waals surface area contributed by atoms with Gasteiger partial charge in [-0.15, -0.1) is 0 Å². The zero-order valence-corrected chi connectivity index (χ0v) is 15.0. The predicted octanol–water partition coefficient (Wildman–Crippen LogP) is 3.22. The highest BCUT2D eigenvalue weighted by Gasteiger charge is 2.10. The maximum Gasteiger partial charge on any atom is 0.244 e. The fourth-order valence-corrected chi connectivity index (χ4v) is 2.39. The van der Waals surface area contributed by atoms with Crippen LogP contribution < -0.4 is 19.5 Å². The fraction of sp³-hybridized carbons (Fsp3) is 0.250. The number of hydrogen-bond acceptors (Lipinski definition) is 4. The second-order valence-corrected chi connectivity index (χ2v) is 5.45. The van der Waals surface area contributed by atoms with Gasteiger partial charge in [-0.25, -0.2) is 4.39 Å². The van der Waals surface area contributed by atoms with Crippen LogP contribution in [0.3, 0.4) is 0 Å². The van der Waals surface area contributed by atoms with E-state index in [0.29, 0.717) is 35.8 Å². The fourth-order valence-electron chi connectivity index (χ4n) is 2.39. The maximum atomic E-state index is 12.9. The van der Waals surface area contributed by atoms with Crippen LogP contribution in [0.1, 0.15) is 11.1 Å². The lowest BCUT2D eigenvalue weighted by Gasteiger charge is -2.12. The van der Waals surface area contributed by atoms with Gasteiger partial charge in [-0.05, 0) is 36.3 Å². The minimum absolute atomic E-state index is 0.232. The van der Waals surface area contributed by atoms with Crippen molar-refractivity contribution >= 4 is 12.0 Å². The van der Waals surface area contributed by atoms with Crippen LogP contribution >= 0.6 is 0 Å². The van der Waals surface area contributed by atoms with E-state index in [0.717, 1.165) is 5.56 Å². The van der Waals surface area contributed by atoms with E-state index in [9.17, 15) is 9.18 Å². The lowest BCUT2D eigenvalue weighted by Crippen LogP contribution is -2.23. The summed E-state index contributed by atoms with van der Waals surface area (Å²) in [7, 11) is 4.63. The van der Waals surface area contributed by atoms with E-state index in [2.05, 4.69) is 5.32 Å². The molecule has 0 unspecified atom stereocenters. The monoisotopic (exact) mass is 359 g/mol. The molecule has 0 saturated heterocycles. The van der Waals surface area contributed by atoms with Gasteiger partial charge >= 0.3 is 0 Å². The van der Waals surface area contributed by atoms with Gasteiger partial charge in [-0.2, -0.15) is 0 Å². The number of hydrogen-bond donors (Lipinski definition) is 1. The number of nitrogens with one attached hydrogen (secondary N) is 1. The van der Waals surface area contributed by atoms with Crippen LogP contribution in [0.4, 0.5) is 4.39 Å². The molecule has 5 nitrogen and oxygen atoms in total. The van der Waals surface area contributed by atoms with E-state index >= 15 is 0 Å². The van der Waals surface area contributed by atoms with Crippen LogP contribution in [0, 0.1) is 5.82 Å². The molecular weight excluding hydrogens is 337 g/mol. The number of methoxy groups -OCH3 is 3. The van der Waals surface area contributed by atoms with Crippen molar-refractivity contribution in [1.82, 2.24) is 5.32 Å². The molecule has 1 amide bonds. The van der Waals surface area contributed by atoms with Crippen molar-refractivity contribution in [3.05, 3.63) is 59.4 Å². The number of carbonyl (C=O) groups is 1. The third kappa shape index (κ3) is 5.24. The Bertz CT molecular complexity index is 772. The molecule has 0 spiro atoms. The van der Waals surface area contributed by atoms with Gasteiger partial charge in [0.2, 0.25) is 5.91 Å². The summed E-state index contributed by atoms with van der Waals surface area (Å²) in [5.41, 5.74) is 1.65. The Morgan fingerprint density at radius 2 is 1.62 bits per heavy atom. The highest BCUT2D eigenvalue weighted by atomic mass is 19.1. The van der Waals surface area contributed by atoms with Crippen LogP contribution in [0.15, 0.2) is 42.5 Å². The van der Waals surface area contributed by atoms with Gasteiger partial charge in [-0.3, -0.25) is 4.79 Å². The molecule has 0 aliphatic heterocycles. The Morgan fingerprint density at radius 3 is 2.23 bits per heavy atom. The predicted molar refractivity (Wildman–Crippen MR) is 98.2 cm³/mol. The van der Waals surface area contributed by atoms with Crippen molar-refractivity contribution in [3.8, 4) is 17.2 Å². The van der Waals surface area contributed by atoms with Crippen LogP contribution in [0.25, 0.3) is 6.08 Å². The summed E-state index contributed by atoms with van der Waals surface area (Å²) in [6.07, 6.45) is 3.70. The number of amides is 1. The molecule has 0 aliphatic rings. The molecule has 1 N–H and O–H groups in total. The topological polar surface area (TPSA) is 56.8 Å². The number of halogens is 1. The van der Waals surface area contributed by atoms with Crippen LogP contribution in [-0.2, 0) is 11.2 Å². The second-order valence-electron chi connectivity index (χ2n) is 5.45. The molecule has 0 saturated carbocycles. The van der Waals surface area contributed by atoms with E-state index in [1.54, 1.807) is 51.7 Å². The van der Waals surface area contributed by atoms with E-state index in [4.69, 9.17) is 14.2 Å². The summed E-state index contributed by atoms with van der Waals surface area (Å²) in [6, 6.07) is 9.64. The zero-order valence-electron chi connectivity index (χ0n) is 15.0. The average molecular weight is 359 g/mol. The lowest BCUT2D eigenvalue weighted by atomic mass is 10.1. The third-order valence-corrected chi connectivity index (χ3v) is 3.78. The molecule has 2 rings (SSSR count). The van der Waals surface area contributed by atoms with Crippen molar-refractivity contribution < 1.29 is 23.4 Å². The quantitative estimate of drug-likeness (QED) is 0.736. The molecule has 0 heterocycles. The highest BCUT2D eigenvalue weighted by Crippen LogP contribution is 2.35. The molecule has 2 aromatic carbocycles. The van der Waals surface area contributed by atoms with Crippen molar-refractivity contribution in [1.29, 1.82) is 0 Å². The van der Waals surface area contributed by atoms with E-state index in [-0.39, 0.29) is 11.7 Å². The number of carbonyl (C=O) groups excluding carboxylic acids is 1. The van der Waals surface area contributed by atoms with Gasteiger partial charge in [0.15, 0.2) is 11.5 Å². The largest absolute Gasteiger partial charge is 0.496 e. The SMILES string of the molecule is COc1cc(OC)c(OC)cc1/C=C/C(=O)NCCc1ccc(F)cc1. The summed E-state index contributed by atoms with van der Waals surface area (Å²) in [5.74, 6) is 1.15. The Hall–Kier alpha value is -3.02. The summed E-state index contributed by atoms with van der Waals surface area (Å²) in [4.78, 5) is 12.0. The van der Waals surface area contributed by atoms with Crippen LogP contribution in [0.2, 0.25) is 0 Å². The Morgan fingerprint density at radius 1 is 1.00 bits per heavy atom. The number of benzene rings is 2. The van der Waals surface area contributed by atoms with E-state index in [1.165, 1.54) is 18.2 Å². The van der Waals surface area contributed by atoms with Crippen molar-refractivity contribution in [2.75, 3.05) is 27.9 Å². The third-order valence-electron chi connectivity index (χ3n) is 3.78. The van der Waals surface area contributed by atoms with Crippen LogP contribution in [-0.4, -0.2) is 33.8 Å². The van der Waals surface area contributed by atoms with Crippen molar-refractivity contribution in [2.24, 2.45) is 0 Å².